The van der Waals surface area contributed by atoms with Crippen molar-refractivity contribution in [3.05, 3.63) is 17.9 Å². The molecule has 0 aromatic carbocycles. The van der Waals surface area contributed by atoms with Gasteiger partial charge in [-0.1, -0.05) is 13.8 Å². The molecule has 0 aliphatic carbocycles. The standard InChI is InChI=1S/C18H26N2O6S/c1-12-5-8-19(11-13(12)2)17(21)14-6-9-20(10-7-14)27(24,25)16-4-3-15(26-16)18(22)23/h3-4,12-14H,5-11H2,1-2H3,(H,22,23). The number of likely N-dealkylation sites (tertiary alicyclic amines) is 1. The predicted octanol–water partition coefficient (Wildman–Crippen LogP) is 1.88. The van der Waals surface area contributed by atoms with Crippen molar-refractivity contribution in [2.24, 2.45) is 17.8 Å². The summed E-state index contributed by atoms with van der Waals surface area (Å²) in [4.78, 5) is 25.6. The summed E-state index contributed by atoms with van der Waals surface area (Å²) in [6.07, 6.45) is 1.93. The van der Waals surface area contributed by atoms with Crippen molar-refractivity contribution in [3.8, 4) is 0 Å². The number of carbonyl (C=O) groups excluding carboxylic acids is 1. The molecule has 2 fully saturated rings. The Morgan fingerprint density at radius 2 is 1.74 bits per heavy atom. The topological polar surface area (TPSA) is 108 Å². The predicted molar refractivity (Wildman–Crippen MR) is 96.7 cm³/mol. The number of hydrogen-bond acceptors (Lipinski definition) is 5. The minimum atomic E-state index is -3.89. The zero-order valence-electron chi connectivity index (χ0n) is 15.6. The lowest BCUT2D eigenvalue weighted by Crippen LogP contribution is -2.48. The van der Waals surface area contributed by atoms with Crippen molar-refractivity contribution < 1.29 is 27.5 Å². The van der Waals surface area contributed by atoms with Gasteiger partial charge in [-0.25, -0.2) is 13.2 Å². The number of carboxylic acid groups (broad SMARTS) is 1. The summed E-state index contributed by atoms with van der Waals surface area (Å²) in [6.45, 7) is 6.35. The number of carbonyl (C=O) groups is 2. The number of rotatable bonds is 4. The monoisotopic (exact) mass is 398 g/mol. The van der Waals surface area contributed by atoms with E-state index in [0.717, 1.165) is 31.6 Å². The number of piperidine rings is 2. The summed E-state index contributed by atoms with van der Waals surface area (Å²) in [7, 11) is -3.89. The Hall–Kier alpha value is -1.87. The second kappa shape index (κ2) is 7.63. The Kier molecular flexibility index (Phi) is 5.62. The first-order chi connectivity index (χ1) is 12.7. The number of furan rings is 1. The third-order valence-electron chi connectivity index (χ3n) is 5.84. The average Bonchev–Trinajstić information content (AvgIpc) is 3.15. The van der Waals surface area contributed by atoms with Crippen LogP contribution < -0.4 is 0 Å². The van der Waals surface area contributed by atoms with E-state index >= 15 is 0 Å². The number of amides is 1. The molecule has 2 unspecified atom stereocenters. The largest absolute Gasteiger partial charge is 0.475 e. The molecule has 1 amide bonds. The van der Waals surface area contributed by atoms with Crippen molar-refractivity contribution in [2.45, 2.75) is 38.2 Å². The van der Waals surface area contributed by atoms with Gasteiger partial charge in [0.25, 0.3) is 10.0 Å². The lowest BCUT2D eigenvalue weighted by Gasteiger charge is -2.38. The van der Waals surface area contributed by atoms with Crippen LogP contribution in [0.3, 0.4) is 0 Å². The number of aromatic carboxylic acids is 1. The Bertz CT molecular complexity index is 810. The molecule has 27 heavy (non-hydrogen) atoms. The molecule has 0 bridgehead atoms. The van der Waals surface area contributed by atoms with Crippen molar-refractivity contribution in [1.29, 1.82) is 0 Å². The number of carboxylic acids is 1. The van der Waals surface area contributed by atoms with Crippen LogP contribution in [0, 0.1) is 17.8 Å². The second-order valence-corrected chi connectivity index (χ2v) is 9.50. The van der Waals surface area contributed by atoms with Crippen LogP contribution in [-0.2, 0) is 14.8 Å². The van der Waals surface area contributed by atoms with Crippen molar-refractivity contribution in [2.75, 3.05) is 26.2 Å². The molecule has 1 aromatic heterocycles. The average molecular weight is 398 g/mol. The molecule has 1 aromatic rings. The fraction of sp³-hybridized carbons (Fsp3) is 0.667. The Morgan fingerprint density at radius 3 is 2.30 bits per heavy atom. The third kappa shape index (κ3) is 4.03. The van der Waals surface area contributed by atoms with Crippen LogP contribution in [0.1, 0.15) is 43.7 Å². The van der Waals surface area contributed by atoms with E-state index in [1.165, 1.54) is 4.31 Å². The first-order valence-electron chi connectivity index (χ1n) is 9.32. The SMILES string of the molecule is CC1CCN(C(=O)C2CCN(S(=O)(=O)c3ccc(C(=O)O)o3)CC2)CC1C. The molecule has 0 spiro atoms. The molecule has 2 aliphatic heterocycles. The zero-order chi connectivity index (χ0) is 19.8. The number of hydrogen-bond donors (Lipinski definition) is 1. The molecule has 3 heterocycles. The van der Waals surface area contributed by atoms with E-state index in [1.807, 2.05) is 4.90 Å². The normalized spacial score (nSPS) is 25.5. The van der Waals surface area contributed by atoms with E-state index in [2.05, 4.69) is 13.8 Å². The fourth-order valence-corrected chi connectivity index (χ4v) is 5.15. The van der Waals surface area contributed by atoms with Crippen LogP contribution >= 0.6 is 0 Å². The minimum Gasteiger partial charge on any atom is -0.475 e. The van der Waals surface area contributed by atoms with Crippen molar-refractivity contribution >= 4 is 21.9 Å². The van der Waals surface area contributed by atoms with Gasteiger partial charge < -0.3 is 14.4 Å². The highest BCUT2D eigenvalue weighted by Crippen LogP contribution is 2.29. The molecule has 2 atom stereocenters. The van der Waals surface area contributed by atoms with Crippen LogP contribution in [-0.4, -0.2) is 60.8 Å². The highest BCUT2D eigenvalue weighted by Gasteiger charge is 2.36. The maximum atomic E-state index is 12.8. The number of nitrogens with zero attached hydrogens (tertiary/aromatic N) is 2. The van der Waals surface area contributed by atoms with Gasteiger partial charge in [0.05, 0.1) is 0 Å². The lowest BCUT2D eigenvalue weighted by molar-refractivity contribution is -0.139. The summed E-state index contributed by atoms with van der Waals surface area (Å²) in [6, 6.07) is 2.29. The first kappa shape index (κ1) is 19.9. The maximum absolute atomic E-state index is 12.8. The molecule has 1 N–H and O–H groups in total. The van der Waals surface area contributed by atoms with Gasteiger partial charge in [0.1, 0.15) is 0 Å². The molecule has 3 rings (SSSR count). The van der Waals surface area contributed by atoms with Gasteiger partial charge in [-0.15, -0.1) is 0 Å². The van der Waals surface area contributed by atoms with E-state index in [0.29, 0.717) is 24.7 Å². The van der Waals surface area contributed by atoms with E-state index in [9.17, 15) is 18.0 Å². The van der Waals surface area contributed by atoms with E-state index < -0.39 is 21.8 Å². The highest BCUT2D eigenvalue weighted by molar-refractivity contribution is 7.89. The van der Waals surface area contributed by atoms with Gasteiger partial charge in [0, 0.05) is 32.1 Å². The number of sulfonamides is 1. The molecule has 2 aliphatic rings. The van der Waals surface area contributed by atoms with E-state index in [1.54, 1.807) is 0 Å². The fourth-order valence-electron chi connectivity index (χ4n) is 3.77. The van der Waals surface area contributed by atoms with Gasteiger partial charge in [0.2, 0.25) is 16.8 Å². The third-order valence-corrected chi connectivity index (χ3v) is 7.61. The summed E-state index contributed by atoms with van der Waals surface area (Å²) in [5, 5.41) is 8.51. The molecule has 8 nitrogen and oxygen atoms in total. The Labute approximate surface area is 159 Å². The molecular formula is C18H26N2O6S. The van der Waals surface area contributed by atoms with Gasteiger partial charge in [0.15, 0.2) is 0 Å². The summed E-state index contributed by atoms with van der Waals surface area (Å²) in [5.74, 6) is -0.673. The quantitative estimate of drug-likeness (QED) is 0.830. The summed E-state index contributed by atoms with van der Waals surface area (Å²) < 4.78 is 31.5. The van der Waals surface area contributed by atoms with Crippen molar-refractivity contribution in [3.63, 3.8) is 0 Å². The Balaban J connectivity index is 1.61. The first-order valence-corrected chi connectivity index (χ1v) is 10.8. The zero-order valence-corrected chi connectivity index (χ0v) is 16.4. The Morgan fingerprint density at radius 1 is 1.07 bits per heavy atom. The van der Waals surface area contributed by atoms with E-state index in [-0.39, 0.29) is 30.0 Å². The van der Waals surface area contributed by atoms with Crippen LogP contribution in [0.4, 0.5) is 0 Å². The minimum absolute atomic E-state index is 0.122. The van der Waals surface area contributed by atoms with Crippen LogP contribution in [0.25, 0.3) is 0 Å². The van der Waals surface area contributed by atoms with Crippen LogP contribution in [0.5, 0.6) is 0 Å². The van der Waals surface area contributed by atoms with Gasteiger partial charge in [-0.2, -0.15) is 4.31 Å². The van der Waals surface area contributed by atoms with Gasteiger partial charge in [-0.3, -0.25) is 4.79 Å². The molecule has 2 saturated heterocycles. The van der Waals surface area contributed by atoms with Crippen LogP contribution in [0.15, 0.2) is 21.6 Å². The molecular weight excluding hydrogens is 372 g/mol. The summed E-state index contributed by atoms with van der Waals surface area (Å²) in [5.41, 5.74) is 0. The smallest absolute Gasteiger partial charge is 0.371 e. The van der Waals surface area contributed by atoms with Gasteiger partial charge in [-0.05, 0) is 43.2 Å². The molecule has 150 valence electrons. The lowest BCUT2D eigenvalue weighted by atomic mass is 9.87. The summed E-state index contributed by atoms with van der Waals surface area (Å²) >= 11 is 0. The highest BCUT2D eigenvalue weighted by atomic mass is 32.2. The maximum Gasteiger partial charge on any atom is 0.371 e. The van der Waals surface area contributed by atoms with E-state index in [4.69, 9.17) is 9.52 Å². The van der Waals surface area contributed by atoms with Crippen molar-refractivity contribution in [1.82, 2.24) is 9.21 Å². The second-order valence-electron chi connectivity index (χ2n) is 7.63. The van der Waals surface area contributed by atoms with Gasteiger partial charge >= 0.3 is 5.97 Å². The molecule has 0 radical (unpaired) electrons. The van der Waals surface area contributed by atoms with Crippen LogP contribution in [0.2, 0.25) is 0 Å². The molecule has 9 heteroatoms. The molecule has 0 saturated carbocycles.